The number of nitrogens with two attached hydrogens (primary N) is 1. The Morgan fingerprint density at radius 2 is 1.79 bits per heavy atom. The summed E-state index contributed by atoms with van der Waals surface area (Å²) in [7, 11) is -3.56. The first-order valence-electron chi connectivity index (χ1n) is 6.82. The van der Waals surface area contributed by atoms with E-state index in [1.165, 1.54) is 31.5 Å². The number of hydrogen-bond acceptors (Lipinski definition) is 4. The summed E-state index contributed by atoms with van der Waals surface area (Å²) in [4.78, 5) is 3.91. The maximum Gasteiger partial charge on any atom is 0.244 e. The molecule has 1 saturated carbocycles. The van der Waals surface area contributed by atoms with Crippen LogP contribution in [0.2, 0.25) is 0 Å². The number of aromatic nitrogens is 1. The predicted octanol–water partition coefficient (Wildman–Crippen LogP) is 2.05. The van der Waals surface area contributed by atoms with Gasteiger partial charge in [-0.1, -0.05) is 32.1 Å². The first-order valence-corrected chi connectivity index (χ1v) is 8.31. The van der Waals surface area contributed by atoms with Crippen molar-refractivity contribution in [3.05, 3.63) is 18.3 Å². The molecule has 0 unspecified atom stereocenters. The lowest BCUT2D eigenvalue weighted by atomic mass is 9.97. The molecule has 1 aromatic heterocycles. The number of nitrogen functional groups attached to an aromatic ring is 1. The number of nitrogens with one attached hydrogen (secondary N) is 1. The van der Waals surface area contributed by atoms with Crippen molar-refractivity contribution in [3.63, 3.8) is 0 Å². The smallest absolute Gasteiger partial charge is 0.244 e. The standard InChI is InChI=1S/C13H21N3O2S/c14-13-12(9-6-10-15-13)19(17,18)16-11-7-4-2-1-3-5-8-11/h6,9-11,16H,1-5,7-8H2,(H2,14,15). The van der Waals surface area contributed by atoms with Gasteiger partial charge in [-0.25, -0.2) is 18.1 Å². The number of anilines is 1. The van der Waals surface area contributed by atoms with Crippen LogP contribution in [-0.4, -0.2) is 19.4 Å². The topological polar surface area (TPSA) is 85.1 Å². The number of hydrogen-bond donors (Lipinski definition) is 2. The minimum atomic E-state index is -3.56. The molecule has 0 saturated heterocycles. The van der Waals surface area contributed by atoms with Gasteiger partial charge in [0.15, 0.2) is 0 Å². The quantitative estimate of drug-likeness (QED) is 0.889. The predicted molar refractivity (Wildman–Crippen MR) is 75.1 cm³/mol. The van der Waals surface area contributed by atoms with E-state index >= 15 is 0 Å². The van der Waals surface area contributed by atoms with Crippen LogP contribution in [0.5, 0.6) is 0 Å². The van der Waals surface area contributed by atoms with E-state index in [0.29, 0.717) is 0 Å². The van der Waals surface area contributed by atoms with Gasteiger partial charge in [0.1, 0.15) is 10.7 Å². The maximum absolute atomic E-state index is 12.3. The molecule has 0 radical (unpaired) electrons. The average molecular weight is 283 g/mol. The summed E-state index contributed by atoms with van der Waals surface area (Å²) >= 11 is 0. The van der Waals surface area contributed by atoms with Crippen LogP contribution in [0.1, 0.15) is 44.9 Å². The molecule has 0 amide bonds. The molecule has 2 rings (SSSR count). The normalized spacial score (nSPS) is 18.7. The summed E-state index contributed by atoms with van der Waals surface area (Å²) in [6.07, 6.45) is 9.09. The molecular weight excluding hydrogens is 262 g/mol. The summed E-state index contributed by atoms with van der Waals surface area (Å²) in [6.45, 7) is 0. The maximum atomic E-state index is 12.3. The number of nitrogens with zero attached hydrogens (tertiary/aromatic N) is 1. The molecule has 5 nitrogen and oxygen atoms in total. The van der Waals surface area contributed by atoms with Crippen molar-refractivity contribution in [1.29, 1.82) is 0 Å². The van der Waals surface area contributed by atoms with Gasteiger partial charge in [-0.05, 0) is 25.0 Å². The Bertz CT molecular complexity index is 508. The lowest BCUT2D eigenvalue weighted by Crippen LogP contribution is -2.35. The van der Waals surface area contributed by atoms with Crippen LogP contribution < -0.4 is 10.5 Å². The van der Waals surface area contributed by atoms with Gasteiger partial charge in [-0.2, -0.15) is 0 Å². The molecular formula is C13H21N3O2S. The zero-order valence-corrected chi connectivity index (χ0v) is 11.8. The number of rotatable bonds is 3. The molecule has 19 heavy (non-hydrogen) atoms. The molecule has 1 aliphatic rings. The van der Waals surface area contributed by atoms with Crippen LogP contribution in [0.25, 0.3) is 0 Å². The molecule has 3 N–H and O–H groups in total. The molecule has 0 aromatic carbocycles. The molecule has 6 heteroatoms. The van der Waals surface area contributed by atoms with Crippen molar-refractivity contribution in [2.75, 3.05) is 5.73 Å². The van der Waals surface area contributed by atoms with Crippen LogP contribution >= 0.6 is 0 Å². The SMILES string of the molecule is Nc1ncccc1S(=O)(=O)NC1CCCCCCC1. The van der Waals surface area contributed by atoms with E-state index in [4.69, 9.17) is 5.73 Å². The first-order chi connectivity index (χ1) is 9.09. The van der Waals surface area contributed by atoms with E-state index in [-0.39, 0.29) is 16.8 Å². The second-order valence-electron chi connectivity index (χ2n) is 5.05. The molecule has 1 fully saturated rings. The Kier molecular flexibility index (Phi) is 4.76. The summed E-state index contributed by atoms with van der Waals surface area (Å²) < 4.78 is 27.3. The Balaban J connectivity index is 2.10. The van der Waals surface area contributed by atoms with Gasteiger partial charge in [-0.15, -0.1) is 0 Å². The molecule has 1 aromatic rings. The number of sulfonamides is 1. The molecule has 1 aliphatic carbocycles. The lowest BCUT2D eigenvalue weighted by molar-refractivity contribution is 0.426. The van der Waals surface area contributed by atoms with Crippen LogP contribution in [0, 0.1) is 0 Å². The molecule has 0 spiro atoms. The van der Waals surface area contributed by atoms with E-state index in [1.807, 2.05) is 0 Å². The highest BCUT2D eigenvalue weighted by molar-refractivity contribution is 7.89. The van der Waals surface area contributed by atoms with E-state index in [0.717, 1.165) is 25.7 Å². The summed E-state index contributed by atoms with van der Waals surface area (Å²) in [5.41, 5.74) is 5.64. The summed E-state index contributed by atoms with van der Waals surface area (Å²) in [5.74, 6) is 0.0563. The van der Waals surface area contributed by atoms with Crippen molar-refractivity contribution in [3.8, 4) is 0 Å². The second kappa shape index (κ2) is 6.34. The Morgan fingerprint density at radius 1 is 1.16 bits per heavy atom. The van der Waals surface area contributed by atoms with Crippen molar-refractivity contribution < 1.29 is 8.42 Å². The fourth-order valence-electron chi connectivity index (χ4n) is 2.49. The minimum Gasteiger partial charge on any atom is -0.383 e. The third kappa shape index (κ3) is 3.91. The molecule has 1 heterocycles. The van der Waals surface area contributed by atoms with Gasteiger partial charge in [0.05, 0.1) is 0 Å². The fraction of sp³-hybridized carbons (Fsp3) is 0.615. The van der Waals surface area contributed by atoms with Crippen molar-refractivity contribution >= 4 is 15.8 Å². The highest BCUT2D eigenvalue weighted by atomic mass is 32.2. The van der Waals surface area contributed by atoms with Gasteiger partial charge in [0, 0.05) is 12.2 Å². The lowest BCUT2D eigenvalue weighted by Gasteiger charge is -2.21. The van der Waals surface area contributed by atoms with Crippen LogP contribution in [0.15, 0.2) is 23.2 Å². The van der Waals surface area contributed by atoms with Crippen molar-refractivity contribution in [1.82, 2.24) is 9.71 Å². The van der Waals surface area contributed by atoms with Crippen molar-refractivity contribution in [2.45, 2.75) is 55.9 Å². The Morgan fingerprint density at radius 3 is 2.42 bits per heavy atom. The van der Waals surface area contributed by atoms with Crippen molar-refractivity contribution in [2.24, 2.45) is 0 Å². The third-order valence-corrected chi connectivity index (χ3v) is 5.08. The molecule has 106 valence electrons. The largest absolute Gasteiger partial charge is 0.383 e. The van der Waals surface area contributed by atoms with Gasteiger partial charge >= 0.3 is 0 Å². The van der Waals surface area contributed by atoms with Crippen LogP contribution in [0.4, 0.5) is 5.82 Å². The van der Waals surface area contributed by atoms with Crippen LogP contribution in [-0.2, 0) is 10.0 Å². The Labute approximate surface area is 114 Å². The fourth-order valence-corrected chi connectivity index (χ4v) is 3.87. The summed E-state index contributed by atoms with van der Waals surface area (Å²) in [6, 6.07) is 3.10. The van der Waals surface area contributed by atoms with Crippen LogP contribution in [0.3, 0.4) is 0 Å². The monoisotopic (exact) mass is 283 g/mol. The highest BCUT2D eigenvalue weighted by Gasteiger charge is 2.22. The van der Waals surface area contributed by atoms with Gasteiger partial charge < -0.3 is 5.73 Å². The zero-order valence-electron chi connectivity index (χ0n) is 11.0. The highest BCUT2D eigenvalue weighted by Crippen LogP contribution is 2.20. The van der Waals surface area contributed by atoms with E-state index in [1.54, 1.807) is 6.07 Å². The second-order valence-corrected chi connectivity index (χ2v) is 6.73. The third-order valence-electron chi connectivity index (χ3n) is 3.52. The average Bonchev–Trinajstić information content (AvgIpc) is 2.33. The van der Waals surface area contributed by atoms with E-state index in [9.17, 15) is 8.42 Å². The number of pyridine rings is 1. The summed E-state index contributed by atoms with van der Waals surface area (Å²) in [5, 5.41) is 0. The molecule has 0 bridgehead atoms. The Hall–Kier alpha value is -1.14. The van der Waals surface area contributed by atoms with Gasteiger partial charge in [-0.3, -0.25) is 0 Å². The minimum absolute atomic E-state index is 0.0184. The van der Waals surface area contributed by atoms with Gasteiger partial charge in [0.2, 0.25) is 10.0 Å². The molecule has 0 atom stereocenters. The first kappa shape index (κ1) is 14.3. The van der Waals surface area contributed by atoms with Gasteiger partial charge in [0.25, 0.3) is 0 Å². The molecule has 0 aliphatic heterocycles. The van der Waals surface area contributed by atoms with E-state index < -0.39 is 10.0 Å². The zero-order chi connectivity index (χ0) is 13.7. The van der Waals surface area contributed by atoms with E-state index in [2.05, 4.69) is 9.71 Å².